The van der Waals surface area contributed by atoms with Gasteiger partial charge in [0.15, 0.2) is 5.82 Å². The standard InChI is InChI=1S/C12H11BrF2N2/c1-5-6(2)17-12-8(15)4-7(14)10(13)9(12)11(5)16-3/h4H,1-3H3,(H,16,17). The maximum Gasteiger partial charge on any atom is 0.152 e. The van der Waals surface area contributed by atoms with Gasteiger partial charge in [-0.3, -0.25) is 0 Å². The van der Waals surface area contributed by atoms with Crippen LogP contribution in [-0.4, -0.2) is 12.0 Å². The number of halogens is 3. The zero-order chi connectivity index (χ0) is 12.7. The van der Waals surface area contributed by atoms with Crippen molar-refractivity contribution < 1.29 is 8.78 Å². The Kier molecular flexibility index (Phi) is 3.03. The SMILES string of the molecule is CNc1c(C)c(C)nc2c(F)cc(F)c(Br)c12. The number of rotatable bonds is 1. The van der Waals surface area contributed by atoms with E-state index >= 15 is 0 Å². The molecule has 0 radical (unpaired) electrons. The molecule has 0 amide bonds. The van der Waals surface area contributed by atoms with Crippen molar-refractivity contribution >= 4 is 32.5 Å². The fourth-order valence-corrected chi connectivity index (χ4v) is 2.36. The highest BCUT2D eigenvalue weighted by molar-refractivity contribution is 9.10. The zero-order valence-electron chi connectivity index (χ0n) is 9.66. The minimum absolute atomic E-state index is 0.172. The Hall–Kier alpha value is -1.23. The lowest BCUT2D eigenvalue weighted by molar-refractivity contribution is 0.586. The third-order valence-corrected chi connectivity index (χ3v) is 3.62. The summed E-state index contributed by atoms with van der Waals surface area (Å²) in [7, 11) is 1.72. The normalized spacial score (nSPS) is 10.9. The average Bonchev–Trinajstić information content (AvgIpc) is 2.28. The van der Waals surface area contributed by atoms with Crippen LogP contribution in [0.5, 0.6) is 0 Å². The number of anilines is 1. The number of nitrogens with one attached hydrogen (secondary N) is 1. The smallest absolute Gasteiger partial charge is 0.152 e. The van der Waals surface area contributed by atoms with E-state index in [1.807, 2.05) is 6.92 Å². The molecule has 1 heterocycles. The van der Waals surface area contributed by atoms with Crippen molar-refractivity contribution in [3.05, 3.63) is 33.4 Å². The van der Waals surface area contributed by atoms with Gasteiger partial charge < -0.3 is 5.32 Å². The molecule has 0 bridgehead atoms. The van der Waals surface area contributed by atoms with Crippen LogP contribution in [-0.2, 0) is 0 Å². The topological polar surface area (TPSA) is 24.9 Å². The van der Waals surface area contributed by atoms with E-state index in [-0.39, 0.29) is 9.99 Å². The van der Waals surface area contributed by atoms with Gasteiger partial charge in [0, 0.05) is 29.9 Å². The Morgan fingerprint density at radius 3 is 2.47 bits per heavy atom. The van der Waals surface area contributed by atoms with Gasteiger partial charge in [-0.2, -0.15) is 0 Å². The molecule has 1 aromatic heterocycles. The van der Waals surface area contributed by atoms with Gasteiger partial charge in [0.2, 0.25) is 0 Å². The first-order valence-corrected chi connectivity index (χ1v) is 5.88. The maximum atomic E-state index is 13.7. The van der Waals surface area contributed by atoms with E-state index in [1.165, 1.54) is 0 Å². The van der Waals surface area contributed by atoms with Gasteiger partial charge in [-0.1, -0.05) is 0 Å². The molecule has 17 heavy (non-hydrogen) atoms. The van der Waals surface area contributed by atoms with E-state index in [2.05, 4.69) is 26.2 Å². The Morgan fingerprint density at radius 1 is 1.24 bits per heavy atom. The highest BCUT2D eigenvalue weighted by atomic mass is 79.9. The molecule has 2 nitrogen and oxygen atoms in total. The summed E-state index contributed by atoms with van der Waals surface area (Å²) in [6, 6.07) is 0.841. The molecule has 0 aliphatic carbocycles. The van der Waals surface area contributed by atoms with Crippen LogP contribution in [0.4, 0.5) is 14.5 Å². The average molecular weight is 301 g/mol. The molecule has 0 saturated carbocycles. The zero-order valence-corrected chi connectivity index (χ0v) is 11.2. The van der Waals surface area contributed by atoms with Crippen LogP contribution in [0.2, 0.25) is 0 Å². The highest BCUT2D eigenvalue weighted by Gasteiger charge is 2.17. The van der Waals surface area contributed by atoms with Gasteiger partial charge in [-0.05, 0) is 35.3 Å². The predicted octanol–water partition coefficient (Wildman–Crippen LogP) is 3.93. The molecule has 1 N–H and O–H groups in total. The number of aromatic nitrogens is 1. The van der Waals surface area contributed by atoms with E-state index in [4.69, 9.17) is 0 Å². The Bertz CT molecular complexity index is 611. The largest absolute Gasteiger partial charge is 0.387 e. The molecule has 90 valence electrons. The van der Waals surface area contributed by atoms with Gasteiger partial charge in [0.25, 0.3) is 0 Å². The van der Waals surface area contributed by atoms with Crippen molar-refractivity contribution in [1.29, 1.82) is 0 Å². The minimum atomic E-state index is -0.653. The van der Waals surface area contributed by atoms with Gasteiger partial charge in [0.05, 0.1) is 4.47 Å². The molecule has 0 spiro atoms. The lowest BCUT2D eigenvalue weighted by atomic mass is 10.1. The Balaban J connectivity index is 3.06. The van der Waals surface area contributed by atoms with E-state index in [0.29, 0.717) is 11.1 Å². The molecule has 5 heteroatoms. The van der Waals surface area contributed by atoms with Crippen LogP contribution in [0, 0.1) is 25.5 Å². The van der Waals surface area contributed by atoms with Gasteiger partial charge >= 0.3 is 0 Å². The monoisotopic (exact) mass is 300 g/mol. The molecular weight excluding hydrogens is 290 g/mol. The van der Waals surface area contributed by atoms with Gasteiger partial charge in [-0.15, -0.1) is 0 Å². The molecule has 0 atom stereocenters. The van der Waals surface area contributed by atoms with Crippen molar-refractivity contribution in [2.75, 3.05) is 12.4 Å². The number of nitrogens with zero attached hydrogens (tertiary/aromatic N) is 1. The van der Waals surface area contributed by atoms with E-state index < -0.39 is 11.6 Å². The summed E-state index contributed by atoms with van der Waals surface area (Å²) < 4.78 is 27.5. The third-order valence-electron chi connectivity index (χ3n) is 2.84. The summed E-state index contributed by atoms with van der Waals surface area (Å²) in [5.41, 5.74) is 2.47. The first-order chi connectivity index (χ1) is 7.97. The van der Waals surface area contributed by atoms with Crippen LogP contribution in [0.15, 0.2) is 10.5 Å². The second-order valence-electron chi connectivity index (χ2n) is 3.83. The number of fused-ring (bicyclic) bond motifs is 1. The van der Waals surface area contributed by atoms with Gasteiger partial charge in [0.1, 0.15) is 11.3 Å². The third kappa shape index (κ3) is 1.78. The van der Waals surface area contributed by atoms with Crippen LogP contribution in [0.25, 0.3) is 10.9 Å². The quantitative estimate of drug-likeness (QED) is 0.807. The molecule has 0 unspecified atom stereocenters. The van der Waals surface area contributed by atoms with Crippen LogP contribution < -0.4 is 5.32 Å². The van der Waals surface area contributed by atoms with Crippen LogP contribution >= 0.6 is 15.9 Å². The number of hydrogen-bond acceptors (Lipinski definition) is 2. The number of aryl methyl sites for hydroxylation is 1. The Labute approximate surface area is 106 Å². The number of pyridine rings is 1. The lowest BCUT2D eigenvalue weighted by Crippen LogP contribution is -2.01. The molecule has 2 rings (SSSR count). The molecule has 0 fully saturated rings. The number of benzene rings is 1. The fourth-order valence-electron chi connectivity index (χ4n) is 1.86. The maximum absolute atomic E-state index is 13.7. The van der Waals surface area contributed by atoms with Crippen molar-refractivity contribution in [3.8, 4) is 0 Å². The lowest BCUT2D eigenvalue weighted by Gasteiger charge is -2.14. The summed E-state index contributed by atoms with van der Waals surface area (Å²) in [5.74, 6) is -1.28. The summed E-state index contributed by atoms with van der Waals surface area (Å²) in [6.07, 6.45) is 0. The molecule has 0 aliphatic heterocycles. The summed E-state index contributed by atoms with van der Waals surface area (Å²) in [6.45, 7) is 3.66. The molecule has 0 saturated heterocycles. The first kappa shape index (κ1) is 12.2. The van der Waals surface area contributed by atoms with Crippen molar-refractivity contribution in [2.24, 2.45) is 0 Å². The van der Waals surface area contributed by atoms with Gasteiger partial charge in [-0.25, -0.2) is 13.8 Å². The van der Waals surface area contributed by atoms with E-state index in [0.717, 1.165) is 17.3 Å². The highest BCUT2D eigenvalue weighted by Crippen LogP contribution is 2.36. The molecule has 2 aromatic rings. The number of hydrogen-bond donors (Lipinski definition) is 1. The second-order valence-corrected chi connectivity index (χ2v) is 4.62. The summed E-state index contributed by atoms with van der Waals surface area (Å²) in [4.78, 5) is 4.17. The predicted molar refractivity (Wildman–Crippen MR) is 68.4 cm³/mol. The van der Waals surface area contributed by atoms with Crippen LogP contribution in [0.3, 0.4) is 0 Å². The molecule has 1 aromatic carbocycles. The minimum Gasteiger partial charge on any atom is -0.387 e. The second kappa shape index (κ2) is 4.22. The van der Waals surface area contributed by atoms with Crippen molar-refractivity contribution in [3.63, 3.8) is 0 Å². The summed E-state index contributed by atoms with van der Waals surface area (Å²) >= 11 is 3.14. The van der Waals surface area contributed by atoms with Crippen molar-refractivity contribution in [2.45, 2.75) is 13.8 Å². The molecular formula is C12H11BrF2N2. The fraction of sp³-hybridized carbons (Fsp3) is 0.250. The van der Waals surface area contributed by atoms with E-state index in [9.17, 15) is 8.78 Å². The Morgan fingerprint density at radius 2 is 1.88 bits per heavy atom. The van der Waals surface area contributed by atoms with E-state index in [1.54, 1.807) is 14.0 Å². The van der Waals surface area contributed by atoms with Crippen LogP contribution in [0.1, 0.15) is 11.3 Å². The summed E-state index contributed by atoms with van der Waals surface area (Å²) in [5, 5.41) is 3.41. The van der Waals surface area contributed by atoms with Crippen molar-refractivity contribution in [1.82, 2.24) is 4.98 Å². The molecule has 0 aliphatic rings. The first-order valence-electron chi connectivity index (χ1n) is 5.09.